The molecule has 1 aromatic carbocycles. The lowest BCUT2D eigenvalue weighted by Crippen LogP contribution is -2.45. The molecule has 0 amide bonds. The highest BCUT2D eigenvalue weighted by Crippen LogP contribution is 2.47. The molecule has 0 aliphatic heterocycles. The predicted octanol–water partition coefficient (Wildman–Crippen LogP) is 14.0. The molecule has 0 spiro atoms. The fourth-order valence-corrected chi connectivity index (χ4v) is 9.52. The molecule has 0 aromatic heterocycles. The second kappa shape index (κ2) is 19.5. The van der Waals surface area contributed by atoms with Crippen LogP contribution in [0.15, 0.2) is 66.3 Å². The van der Waals surface area contributed by atoms with E-state index in [-0.39, 0.29) is 33.3 Å². The monoisotopic (exact) mass is 785 g/mol. The van der Waals surface area contributed by atoms with Crippen LogP contribution in [-0.2, 0) is 18.0 Å². The number of allylic oxidation sites excluding steroid dienone is 3. The minimum Gasteiger partial charge on any atom is -0.450 e. The standard InChI is InChI=1S/C45H80O5Si3/c1-17-18-19-20-21-25-34-45(48-41(46)37-28-23-22-24-29-37)35-33-40(50-53(15,16)44(8,9)10)39(45)32-26-30-38(49-52(13,14)43(5,6)7)31-27-36-47-51(11,12)42(2,3)4/h21-26,28-30,32,38,40H,17-20,27,31,33-36H2,1-16H3/b25-21-,30-26+,39-32-/t38-,40+,45-/m0/s1. The van der Waals surface area contributed by atoms with Crippen LogP contribution in [0, 0.1) is 0 Å². The van der Waals surface area contributed by atoms with Crippen LogP contribution in [0.2, 0.25) is 54.4 Å². The molecule has 3 atom stereocenters. The van der Waals surface area contributed by atoms with E-state index in [1.807, 2.05) is 30.3 Å². The highest BCUT2D eigenvalue weighted by atomic mass is 28.4. The van der Waals surface area contributed by atoms with Crippen LogP contribution in [0.3, 0.4) is 0 Å². The lowest BCUT2D eigenvalue weighted by atomic mass is 9.90. The van der Waals surface area contributed by atoms with Gasteiger partial charge in [0.2, 0.25) is 0 Å². The van der Waals surface area contributed by atoms with Crippen molar-refractivity contribution in [3.63, 3.8) is 0 Å². The highest BCUT2D eigenvalue weighted by Gasteiger charge is 2.50. The summed E-state index contributed by atoms with van der Waals surface area (Å²) in [6.45, 7) is 37.6. The summed E-state index contributed by atoms with van der Waals surface area (Å²) < 4.78 is 27.5. The SMILES string of the molecule is CCCCC/C=C\C[C@]1(OC(=O)c2ccccc2)CC[C@@H](O[Si](C)(C)C(C)(C)C)/C1=C/C=C/[C@@H](CCCO[Si](C)(C)C(C)(C)C)O[Si](C)(C)C(C)(C)C. The molecule has 1 saturated carbocycles. The van der Waals surface area contributed by atoms with Crippen molar-refractivity contribution < 1.29 is 22.8 Å². The van der Waals surface area contributed by atoms with Crippen molar-refractivity contribution in [3.05, 3.63) is 71.8 Å². The largest absolute Gasteiger partial charge is 0.450 e. The van der Waals surface area contributed by atoms with Crippen molar-refractivity contribution in [2.24, 2.45) is 0 Å². The minimum atomic E-state index is -2.15. The number of esters is 1. The van der Waals surface area contributed by atoms with Crippen molar-refractivity contribution in [1.29, 1.82) is 0 Å². The summed E-state index contributed by atoms with van der Waals surface area (Å²) in [6.07, 6.45) is 19.6. The van der Waals surface area contributed by atoms with E-state index in [1.54, 1.807) is 0 Å². The van der Waals surface area contributed by atoms with Crippen molar-refractivity contribution in [2.75, 3.05) is 6.61 Å². The molecule has 2 rings (SSSR count). The summed E-state index contributed by atoms with van der Waals surface area (Å²) in [5.74, 6) is -0.284. The lowest BCUT2D eigenvalue weighted by Gasteiger charge is -2.40. The maximum atomic E-state index is 13.8. The molecular weight excluding hydrogens is 705 g/mol. The van der Waals surface area contributed by atoms with E-state index in [9.17, 15) is 4.79 Å². The summed E-state index contributed by atoms with van der Waals surface area (Å²) in [6, 6.07) is 9.41. The number of unbranched alkanes of at least 4 members (excludes halogenated alkanes) is 3. The van der Waals surface area contributed by atoms with Gasteiger partial charge in [-0.25, -0.2) is 4.79 Å². The number of benzene rings is 1. The van der Waals surface area contributed by atoms with Crippen molar-refractivity contribution in [2.45, 2.75) is 199 Å². The van der Waals surface area contributed by atoms with Crippen LogP contribution in [0.25, 0.3) is 0 Å². The molecule has 1 fully saturated rings. The molecule has 53 heavy (non-hydrogen) atoms. The van der Waals surface area contributed by atoms with Gasteiger partial charge in [0.25, 0.3) is 0 Å². The Morgan fingerprint density at radius 2 is 1.43 bits per heavy atom. The summed E-state index contributed by atoms with van der Waals surface area (Å²) in [7, 11) is -6.04. The van der Waals surface area contributed by atoms with Crippen molar-refractivity contribution >= 4 is 30.9 Å². The molecule has 0 unspecified atom stereocenters. The van der Waals surface area contributed by atoms with E-state index in [1.165, 1.54) is 19.3 Å². The van der Waals surface area contributed by atoms with Gasteiger partial charge in [-0.05, 0) is 105 Å². The summed E-state index contributed by atoms with van der Waals surface area (Å²) in [5, 5.41) is 0.322. The van der Waals surface area contributed by atoms with Gasteiger partial charge in [0.15, 0.2) is 25.0 Å². The lowest BCUT2D eigenvalue weighted by molar-refractivity contribution is 0.00164. The Morgan fingerprint density at radius 1 is 0.830 bits per heavy atom. The molecule has 0 N–H and O–H groups in total. The zero-order valence-corrected chi connectivity index (χ0v) is 40.0. The third-order valence-electron chi connectivity index (χ3n) is 12.6. The molecule has 0 saturated heterocycles. The van der Waals surface area contributed by atoms with Gasteiger partial charge in [0.05, 0.1) is 17.8 Å². The van der Waals surface area contributed by atoms with Gasteiger partial charge in [0.1, 0.15) is 5.60 Å². The maximum absolute atomic E-state index is 13.8. The van der Waals surface area contributed by atoms with Crippen LogP contribution in [0.4, 0.5) is 0 Å². The molecule has 0 bridgehead atoms. The highest BCUT2D eigenvalue weighted by molar-refractivity contribution is 6.75. The smallest absolute Gasteiger partial charge is 0.339 e. The quantitative estimate of drug-likeness (QED) is 0.0605. The maximum Gasteiger partial charge on any atom is 0.339 e. The molecule has 1 aliphatic rings. The van der Waals surface area contributed by atoms with E-state index in [4.69, 9.17) is 18.0 Å². The van der Waals surface area contributed by atoms with E-state index < -0.39 is 30.6 Å². The topological polar surface area (TPSA) is 54.0 Å². The fourth-order valence-electron chi connectivity index (χ4n) is 5.82. The van der Waals surface area contributed by atoms with Crippen molar-refractivity contribution in [1.82, 2.24) is 0 Å². The normalized spacial score (nSPS) is 20.9. The van der Waals surface area contributed by atoms with Gasteiger partial charge in [-0.1, -0.05) is 131 Å². The number of ether oxygens (including phenoxy) is 1. The Hall–Kier alpha value is -1.56. The number of hydrogen-bond donors (Lipinski definition) is 0. The van der Waals surface area contributed by atoms with Crippen LogP contribution < -0.4 is 0 Å². The van der Waals surface area contributed by atoms with Crippen LogP contribution in [-0.4, -0.2) is 55.3 Å². The first-order chi connectivity index (χ1) is 24.3. The average Bonchev–Trinajstić information content (AvgIpc) is 3.34. The Labute approximate surface area is 330 Å². The van der Waals surface area contributed by atoms with Gasteiger partial charge in [-0.15, -0.1) is 0 Å². The van der Waals surface area contributed by atoms with Gasteiger partial charge >= 0.3 is 5.97 Å². The van der Waals surface area contributed by atoms with Gasteiger partial charge in [-0.3, -0.25) is 0 Å². The van der Waals surface area contributed by atoms with Gasteiger partial charge in [0, 0.05) is 18.6 Å². The van der Waals surface area contributed by atoms with E-state index in [0.29, 0.717) is 12.0 Å². The molecule has 0 radical (unpaired) electrons. The van der Waals surface area contributed by atoms with Crippen LogP contribution in [0.1, 0.15) is 137 Å². The first kappa shape index (κ1) is 47.6. The number of rotatable bonds is 19. The van der Waals surface area contributed by atoms with Crippen LogP contribution in [0.5, 0.6) is 0 Å². The zero-order valence-electron chi connectivity index (χ0n) is 37.0. The summed E-state index contributed by atoms with van der Waals surface area (Å²) >= 11 is 0. The summed E-state index contributed by atoms with van der Waals surface area (Å²) in [5.41, 5.74) is 0.844. The number of carbonyl (C=O) groups excluding carboxylic acids is 1. The average molecular weight is 785 g/mol. The summed E-state index contributed by atoms with van der Waals surface area (Å²) in [4.78, 5) is 13.8. The molecule has 1 aliphatic carbocycles. The second-order valence-electron chi connectivity index (χ2n) is 20.0. The minimum absolute atomic E-state index is 0.0448. The molecule has 302 valence electrons. The van der Waals surface area contributed by atoms with Gasteiger partial charge < -0.3 is 18.0 Å². The first-order valence-corrected chi connectivity index (χ1v) is 29.3. The Morgan fingerprint density at radius 3 is 2.00 bits per heavy atom. The number of hydrogen-bond acceptors (Lipinski definition) is 5. The number of carbonyl (C=O) groups is 1. The molecule has 0 heterocycles. The molecule has 5 nitrogen and oxygen atoms in total. The van der Waals surface area contributed by atoms with E-state index >= 15 is 0 Å². The predicted molar refractivity (Wildman–Crippen MR) is 235 cm³/mol. The third-order valence-corrected chi connectivity index (χ3v) is 26.1. The molecular formula is C45H80O5Si3. The fraction of sp³-hybridized carbons (Fsp3) is 0.711. The molecule has 8 heteroatoms. The van der Waals surface area contributed by atoms with Crippen molar-refractivity contribution in [3.8, 4) is 0 Å². The Bertz CT molecular complexity index is 1360. The zero-order chi connectivity index (χ0) is 40.4. The third kappa shape index (κ3) is 14.2. The van der Waals surface area contributed by atoms with E-state index in [0.717, 1.165) is 44.3 Å². The van der Waals surface area contributed by atoms with E-state index in [2.05, 4.69) is 139 Å². The second-order valence-corrected chi connectivity index (χ2v) is 34.3. The first-order valence-electron chi connectivity index (χ1n) is 20.6. The Kier molecular flexibility index (Phi) is 17.5. The Balaban J connectivity index is 2.60. The van der Waals surface area contributed by atoms with Gasteiger partial charge in [-0.2, -0.15) is 0 Å². The molecule has 1 aromatic rings. The van der Waals surface area contributed by atoms with Crippen LogP contribution >= 0.6 is 0 Å².